The number of carbonyl (C=O) groups excluding carboxylic acids is 3. The fourth-order valence-electron chi connectivity index (χ4n) is 4.81. The van der Waals surface area contributed by atoms with Gasteiger partial charge in [-0.05, 0) is 62.9 Å². The van der Waals surface area contributed by atoms with E-state index in [1.807, 2.05) is 55.0 Å². The molecule has 0 radical (unpaired) electrons. The Morgan fingerprint density at radius 2 is 1.62 bits per heavy atom. The van der Waals surface area contributed by atoms with Gasteiger partial charge in [0.25, 0.3) is 0 Å². The van der Waals surface area contributed by atoms with Gasteiger partial charge in [-0.1, -0.05) is 24.3 Å². The molecule has 0 saturated carbocycles. The van der Waals surface area contributed by atoms with Crippen LogP contribution in [0, 0.1) is 0 Å². The molecule has 0 spiro atoms. The third kappa shape index (κ3) is 10.2. The van der Waals surface area contributed by atoms with Gasteiger partial charge in [-0.15, -0.1) is 0 Å². The van der Waals surface area contributed by atoms with E-state index in [-0.39, 0.29) is 18.4 Å². The molecule has 12 nitrogen and oxygen atoms in total. The van der Waals surface area contributed by atoms with E-state index in [0.29, 0.717) is 31.9 Å². The largest absolute Gasteiger partial charge is 0.466 e. The molecular weight excluding hydrogens is 574 g/mol. The highest BCUT2D eigenvalue weighted by atomic mass is 16.6. The van der Waals surface area contributed by atoms with Gasteiger partial charge in [-0.25, -0.2) is 19.7 Å². The van der Waals surface area contributed by atoms with E-state index >= 15 is 0 Å². The summed E-state index contributed by atoms with van der Waals surface area (Å²) in [7, 11) is 1.70. The van der Waals surface area contributed by atoms with Crippen LogP contribution in [0.4, 0.5) is 16.6 Å². The molecule has 0 atom stereocenters. The van der Waals surface area contributed by atoms with Crippen LogP contribution in [0.15, 0.2) is 55.0 Å². The molecule has 3 aromatic rings. The van der Waals surface area contributed by atoms with Gasteiger partial charge in [0.1, 0.15) is 18.0 Å². The first-order valence-corrected chi connectivity index (χ1v) is 15.2. The first-order chi connectivity index (χ1) is 21.5. The summed E-state index contributed by atoms with van der Waals surface area (Å²) in [4.78, 5) is 55.9. The number of nitrogens with one attached hydrogen (secondary N) is 1. The molecule has 1 fully saturated rings. The van der Waals surface area contributed by atoms with Crippen molar-refractivity contribution in [3.8, 4) is 11.1 Å². The van der Waals surface area contributed by atoms with Crippen LogP contribution in [0.5, 0.6) is 0 Å². The number of anilines is 2. The number of esters is 1. The Bertz CT molecular complexity index is 1430. The van der Waals surface area contributed by atoms with E-state index in [9.17, 15) is 14.4 Å². The summed E-state index contributed by atoms with van der Waals surface area (Å²) in [6, 6.07) is 11.9. The second-order valence-corrected chi connectivity index (χ2v) is 11.9. The van der Waals surface area contributed by atoms with Crippen LogP contribution in [0.25, 0.3) is 11.1 Å². The van der Waals surface area contributed by atoms with Crippen LogP contribution in [0.2, 0.25) is 0 Å². The third-order valence-electron chi connectivity index (χ3n) is 7.15. The number of carbonyl (C=O) groups is 3. The average Bonchev–Trinajstić information content (AvgIpc) is 3.02. The number of amides is 2. The highest BCUT2D eigenvalue weighted by molar-refractivity contribution is 5.82. The number of alkyl carbamates (subject to hydrolysis) is 1. The Morgan fingerprint density at radius 3 is 2.27 bits per heavy atom. The van der Waals surface area contributed by atoms with Gasteiger partial charge in [0, 0.05) is 70.3 Å². The third-order valence-corrected chi connectivity index (χ3v) is 7.15. The minimum Gasteiger partial charge on any atom is -0.466 e. The van der Waals surface area contributed by atoms with Gasteiger partial charge in [0.15, 0.2) is 0 Å². The van der Waals surface area contributed by atoms with Crippen LogP contribution in [0.1, 0.15) is 45.2 Å². The first-order valence-electron chi connectivity index (χ1n) is 15.2. The number of ether oxygens (including phenoxy) is 2. The lowest BCUT2D eigenvalue weighted by atomic mass is 10.1. The minimum atomic E-state index is -0.628. The maximum Gasteiger partial charge on any atom is 0.408 e. The smallest absolute Gasteiger partial charge is 0.408 e. The second kappa shape index (κ2) is 15.3. The van der Waals surface area contributed by atoms with Crippen molar-refractivity contribution in [3.63, 3.8) is 0 Å². The normalized spacial score (nSPS) is 13.3. The summed E-state index contributed by atoms with van der Waals surface area (Å²) >= 11 is 0. The maximum atomic E-state index is 12.5. The van der Waals surface area contributed by atoms with Crippen molar-refractivity contribution < 1.29 is 23.9 Å². The summed E-state index contributed by atoms with van der Waals surface area (Å²) in [5, 5.41) is 2.51. The Kier molecular flexibility index (Phi) is 11.3. The van der Waals surface area contributed by atoms with Crippen molar-refractivity contribution in [3.05, 3.63) is 66.1 Å². The van der Waals surface area contributed by atoms with Crippen LogP contribution in [-0.4, -0.2) is 89.8 Å². The van der Waals surface area contributed by atoms with E-state index in [2.05, 4.69) is 30.1 Å². The summed E-state index contributed by atoms with van der Waals surface area (Å²) in [6.45, 7) is 10.9. The molecule has 1 aliphatic rings. The molecule has 0 bridgehead atoms. The molecule has 4 rings (SSSR count). The van der Waals surface area contributed by atoms with Gasteiger partial charge >= 0.3 is 12.1 Å². The van der Waals surface area contributed by atoms with Crippen molar-refractivity contribution in [2.45, 2.75) is 52.7 Å². The van der Waals surface area contributed by atoms with E-state index in [1.54, 1.807) is 39.6 Å². The fraction of sp³-hybridized carbons (Fsp3) is 0.455. The Morgan fingerprint density at radius 1 is 0.911 bits per heavy atom. The predicted molar refractivity (Wildman–Crippen MR) is 172 cm³/mol. The highest BCUT2D eigenvalue weighted by Crippen LogP contribution is 2.22. The molecule has 0 unspecified atom stereocenters. The van der Waals surface area contributed by atoms with Gasteiger partial charge in [0.2, 0.25) is 11.9 Å². The number of hydrogen-bond donors (Lipinski definition) is 1. The Hall–Kier alpha value is -4.74. The molecular formula is C33H43N7O5. The Labute approximate surface area is 264 Å². The standard InChI is InChI=1S/C33H43N7O5/c1-6-44-30(42)13-11-24-10-12-28(34-19-24)39-14-16-40(17-15-39)31-35-20-27(21-36-31)26-9-7-8-25(18-26)23-38(5)29(41)22-37-32(43)45-33(2,3)4/h7-10,12,18-21H,6,11,13-17,22-23H2,1-5H3,(H,37,43). The molecule has 0 aliphatic carbocycles. The van der Waals surface area contributed by atoms with Crippen LogP contribution < -0.4 is 15.1 Å². The van der Waals surface area contributed by atoms with Gasteiger partial charge in [0.05, 0.1) is 6.61 Å². The fourth-order valence-corrected chi connectivity index (χ4v) is 4.81. The minimum absolute atomic E-state index is 0.143. The SMILES string of the molecule is CCOC(=O)CCc1ccc(N2CCN(c3ncc(-c4cccc(CN(C)C(=O)CNC(=O)OC(C)(C)C)c4)cn3)CC2)nc1. The zero-order valence-corrected chi connectivity index (χ0v) is 26.8. The molecule has 1 aromatic carbocycles. The lowest BCUT2D eigenvalue weighted by Crippen LogP contribution is -2.47. The van der Waals surface area contributed by atoms with Crippen LogP contribution in [0.3, 0.4) is 0 Å². The lowest BCUT2D eigenvalue weighted by Gasteiger charge is -2.35. The van der Waals surface area contributed by atoms with E-state index < -0.39 is 11.7 Å². The number of piperazine rings is 1. The monoisotopic (exact) mass is 617 g/mol. The average molecular weight is 618 g/mol. The maximum absolute atomic E-state index is 12.5. The number of rotatable bonds is 11. The molecule has 2 aromatic heterocycles. The van der Waals surface area contributed by atoms with Crippen molar-refractivity contribution in [2.24, 2.45) is 0 Å². The summed E-state index contributed by atoms with van der Waals surface area (Å²) in [5.41, 5.74) is 3.16. The zero-order valence-electron chi connectivity index (χ0n) is 26.8. The zero-order chi connectivity index (χ0) is 32.4. The number of benzene rings is 1. The number of hydrogen-bond acceptors (Lipinski definition) is 10. The lowest BCUT2D eigenvalue weighted by molar-refractivity contribution is -0.143. The quantitative estimate of drug-likeness (QED) is 0.317. The molecule has 1 N–H and O–H groups in total. The molecule has 1 saturated heterocycles. The molecule has 3 heterocycles. The van der Waals surface area contributed by atoms with Gasteiger partial charge in [-0.2, -0.15) is 0 Å². The van der Waals surface area contributed by atoms with Crippen molar-refractivity contribution in [2.75, 3.05) is 56.2 Å². The first kappa shape index (κ1) is 33.2. The van der Waals surface area contributed by atoms with Gasteiger partial charge < -0.3 is 29.5 Å². The number of pyridine rings is 1. The topological polar surface area (TPSA) is 130 Å². The molecule has 12 heteroatoms. The number of aromatic nitrogens is 3. The highest BCUT2D eigenvalue weighted by Gasteiger charge is 2.21. The Balaban J connectivity index is 1.26. The summed E-state index contributed by atoms with van der Waals surface area (Å²) < 4.78 is 10.2. The van der Waals surface area contributed by atoms with Crippen LogP contribution >= 0.6 is 0 Å². The van der Waals surface area contributed by atoms with E-state index in [1.165, 1.54) is 0 Å². The number of likely N-dealkylation sites (N-methyl/N-ethyl adjacent to an activating group) is 1. The van der Waals surface area contributed by atoms with E-state index in [4.69, 9.17) is 9.47 Å². The summed E-state index contributed by atoms with van der Waals surface area (Å²) in [5.74, 6) is 1.18. The predicted octanol–water partition coefficient (Wildman–Crippen LogP) is 3.84. The van der Waals surface area contributed by atoms with Crippen LogP contribution in [-0.2, 0) is 32.0 Å². The van der Waals surface area contributed by atoms with Crippen molar-refractivity contribution >= 4 is 29.7 Å². The molecule has 1 aliphatic heterocycles. The van der Waals surface area contributed by atoms with Crippen molar-refractivity contribution in [1.29, 1.82) is 0 Å². The van der Waals surface area contributed by atoms with Crippen molar-refractivity contribution in [1.82, 2.24) is 25.2 Å². The second-order valence-electron chi connectivity index (χ2n) is 11.9. The van der Waals surface area contributed by atoms with Gasteiger partial charge in [-0.3, -0.25) is 9.59 Å². The molecule has 240 valence electrons. The van der Waals surface area contributed by atoms with E-state index in [0.717, 1.165) is 54.3 Å². The molecule has 2 amide bonds. The molecule has 45 heavy (non-hydrogen) atoms. The summed E-state index contributed by atoms with van der Waals surface area (Å²) in [6.07, 6.45) is 5.82. The number of nitrogens with zero attached hydrogens (tertiary/aromatic N) is 6. The number of aryl methyl sites for hydroxylation is 1.